The maximum absolute atomic E-state index is 12.8. The number of methoxy groups -OCH3 is 3. The van der Waals surface area contributed by atoms with Crippen LogP contribution in [0, 0.1) is 0 Å². The number of fused-ring (bicyclic) bond motifs is 1. The van der Waals surface area contributed by atoms with E-state index in [1.807, 2.05) is 24.3 Å². The summed E-state index contributed by atoms with van der Waals surface area (Å²) in [6.45, 7) is 1.54. The number of hydrogen-bond acceptors (Lipinski definition) is 6. The summed E-state index contributed by atoms with van der Waals surface area (Å²) in [7, 11) is 4.34. The molecule has 0 spiro atoms. The number of H-pyrrole nitrogens is 1. The van der Waals surface area contributed by atoms with Crippen LogP contribution in [0.4, 0.5) is 0 Å². The van der Waals surface area contributed by atoms with Crippen LogP contribution in [-0.4, -0.2) is 44.2 Å². The number of carbonyl (C=O) groups excluding carboxylic acids is 2. The Labute approximate surface area is 162 Å². The van der Waals surface area contributed by atoms with Gasteiger partial charge in [0.2, 0.25) is 11.5 Å². The van der Waals surface area contributed by atoms with E-state index in [2.05, 4.69) is 4.98 Å². The molecule has 0 fully saturated rings. The number of benzene rings is 2. The van der Waals surface area contributed by atoms with Crippen LogP contribution >= 0.6 is 0 Å². The smallest absolute Gasteiger partial charge is 0.342 e. The second-order valence-electron chi connectivity index (χ2n) is 6.04. The van der Waals surface area contributed by atoms with Gasteiger partial charge >= 0.3 is 5.97 Å². The normalized spacial score (nSPS) is 11.7. The zero-order chi connectivity index (χ0) is 20.3. The van der Waals surface area contributed by atoms with Crippen molar-refractivity contribution in [1.82, 2.24) is 4.98 Å². The molecule has 146 valence electrons. The highest BCUT2D eigenvalue weighted by Crippen LogP contribution is 2.40. The summed E-state index contributed by atoms with van der Waals surface area (Å²) in [5, 5.41) is 0.777. The molecular weight excluding hydrogens is 362 g/mol. The predicted octanol–water partition coefficient (Wildman–Crippen LogP) is 3.62. The third kappa shape index (κ3) is 3.38. The average molecular weight is 383 g/mol. The minimum Gasteiger partial charge on any atom is -0.493 e. The lowest BCUT2D eigenvalue weighted by Gasteiger charge is -2.17. The van der Waals surface area contributed by atoms with Crippen molar-refractivity contribution in [2.24, 2.45) is 0 Å². The van der Waals surface area contributed by atoms with Crippen molar-refractivity contribution >= 4 is 22.7 Å². The standard InChI is InChI=1S/C21H21NO6/c1-12(18(23)15-11-22-16-8-6-5-7-13(15)16)28-21(24)14-9-10-17(25-2)20(27-4)19(14)26-3/h5-12,22H,1-4H3. The van der Waals surface area contributed by atoms with Gasteiger partial charge in [-0.3, -0.25) is 4.79 Å². The van der Waals surface area contributed by atoms with Gasteiger partial charge in [-0.1, -0.05) is 18.2 Å². The van der Waals surface area contributed by atoms with Gasteiger partial charge in [0, 0.05) is 22.7 Å². The Morgan fingerprint density at radius 3 is 2.29 bits per heavy atom. The SMILES string of the molecule is COc1ccc(C(=O)OC(C)C(=O)c2c[nH]c3ccccc23)c(OC)c1OC. The van der Waals surface area contributed by atoms with Gasteiger partial charge in [-0.05, 0) is 25.1 Å². The number of ketones is 1. The Morgan fingerprint density at radius 2 is 1.61 bits per heavy atom. The Balaban J connectivity index is 1.85. The maximum Gasteiger partial charge on any atom is 0.342 e. The summed E-state index contributed by atoms with van der Waals surface area (Å²) < 4.78 is 21.2. The van der Waals surface area contributed by atoms with E-state index in [4.69, 9.17) is 18.9 Å². The van der Waals surface area contributed by atoms with E-state index in [-0.39, 0.29) is 22.8 Å². The number of rotatable bonds is 7. The molecule has 0 saturated heterocycles. The van der Waals surface area contributed by atoms with Gasteiger partial charge in [-0.2, -0.15) is 0 Å². The second kappa shape index (κ2) is 8.04. The summed E-state index contributed by atoms with van der Waals surface area (Å²) in [5.41, 5.74) is 1.44. The zero-order valence-corrected chi connectivity index (χ0v) is 16.1. The van der Waals surface area contributed by atoms with Crippen molar-refractivity contribution in [2.45, 2.75) is 13.0 Å². The number of hydrogen-bond donors (Lipinski definition) is 1. The molecule has 0 radical (unpaired) electrons. The highest BCUT2D eigenvalue weighted by atomic mass is 16.6. The Bertz CT molecular complexity index is 1020. The highest BCUT2D eigenvalue weighted by molar-refractivity contribution is 6.10. The largest absolute Gasteiger partial charge is 0.493 e. The van der Waals surface area contributed by atoms with Crippen molar-refractivity contribution in [3.8, 4) is 17.2 Å². The summed E-state index contributed by atoms with van der Waals surface area (Å²) in [6.07, 6.45) is 0.637. The molecule has 1 N–H and O–H groups in total. The van der Waals surface area contributed by atoms with Gasteiger partial charge in [0.25, 0.3) is 0 Å². The first-order valence-corrected chi connectivity index (χ1v) is 8.62. The lowest BCUT2D eigenvalue weighted by atomic mass is 10.1. The van der Waals surface area contributed by atoms with Crippen molar-refractivity contribution in [2.75, 3.05) is 21.3 Å². The molecule has 3 rings (SSSR count). The topological polar surface area (TPSA) is 86.9 Å². The zero-order valence-electron chi connectivity index (χ0n) is 16.1. The number of aromatic nitrogens is 1. The molecule has 0 aliphatic carbocycles. The van der Waals surface area contributed by atoms with E-state index in [0.717, 1.165) is 10.9 Å². The molecule has 0 amide bonds. The molecular formula is C21H21NO6. The molecule has 0 aliphatic heterocycles. The van der Waals surface area contributed by atoms with Crippen LogP contribution in [0.3, 0.4) is 0 Å². The highest BCUT2D eigenvalue weighted by Gasteiger charge is 2.26. The monoisotopic (exact) mass is 383 g/mol. The minimum absolute atomic E-state index is 0.138. The number of carbonyl (C=O) groups is 2. The van der Waals surface area contributed by atoms with Crippen molar-refractivity contribution < 1.29 is 28.5 Å². The maximum atomic E-state index is 12.8. The van der Waals surface area contributed by atoms with Crippen LogP contribution in [0.15, 0.2) is 42.6 Å². The number of Topliss-reactive ketones (excluding diaryl/α,β-unsaturated/α-hetero) is 1. The lowest BCUT2D eigenvalue weighted by Crippen LogP contribution is -2.24. The van der Waals surface area contributed by atoms with Crippen LogP contribution < -0.4 is 14.2 Å². The van der Waals surface area contributed by atoms with Crippen LogP contribution in [0.5, 0.6) is 17.2 Å². The first-order valence-electron chi connectivity index (χ1n) is 8.62. The van der Waals surface area contributed by atoms with E-state index < -0.39 is 12.1 Å². The molecule has 0 bridgehead atoms. The minimum atomic E-state index is -0.982. The number of aromatic amines is 1. The van der Waals surface area contributed by atoms with E-state index in [1.54, 1.807) is 12.3 Å². The van der Waals surface area contributed by atoms with Crippen molar-refractivity contribution in [3.05, 3.63) is 53.7 Å². The lowest BCUT2D eigenvalue weighted by molar-refractivity contribution is 0.0316. The molecule has 1 unspecified atom stereocenters. The molecule has 2 aromatic carbocycles. The third-order valence-electron chi connectivity index (χ3n) is 4.43. The van der Waals surface area contributed by atoms with Gasteiger partial charge in [0.05, 0.1) is 21.3 Å². The van der Waals surface area contributed by atoms with E-state index in [1.165, 1.54) is 34.3 Å². The van der Waals surface area contributed by atoms with Gasteiger partial charge in [0.1, 0.15) is 5.56 Å². The van der Waals surface area contributed by atoms with Gasteiger partial charge in [0.15, 0.2) is 17.6 Å². The first kappa shape index (κ1) is 19.3. The van der Waals surface area contributed by atoms with E-state index in [9.17, 15) is 9.59 Å². The second-order valence-corrected chi connectivity index (χ2v) is 6.04. The molecule has 0 saturated carbocycles. The summed E-state index contributed by atoms with van der Waals surface area (Å²) in [4.78, 5) is 28.5. The van der Waals surface area contributed by atoms with Crippen LogP contribution in [-0.2, 0) is 4.74 Å². The number of ether oxygens (including phenoxy) is 4. The number of para-hydroxylation sites is 1. The predicted molar refractivity (Wildman–Crippen MR) is 104 cm³/mol. The fraction of sp³-hybridized carbons (Fsp3) is 0.238. The van der Waals surface area contributed by atoms with Gasteiger partial charge in [-0.15, -0.1) is 0 Å². The van der Waals surface area contributed by atoms with Gasteiger partial charge in [-0.25, -0.2) is 4.79 Å². The Morgan fingerprint density at radius 1 is 0.893 bits per heavy atom. The molecule has 1 aromatic heterocycles. The number of esters is 1. The van der Waals surface area contributed by atoms with Crippen LogP contribution in [0.2, 0.25) is 0 Å². The first-order chi connectivity index (χ1) is 13.5. The van der Waals surface area contributed by atoms with Gasteiger partial charge < -0.3 is 23.9 Å². The number of nitrogens with one attached hydrogen (secondary N) is 1. The fourth-order valence-electron chi connectivity index (χ4n) is 3.03. The van der Waals surface area contributed by atoms with E-state index >= 15 is 0 Å². The summed E-state index contributed by atoms with van der Waals surface area (Å²) in [5.74, 6) is -0.129. The molecule has 0 aliphatic rings. The Hall–Kier alpha value is -3.48. The van der Waals surface area contributed by atoms with Crippen LogP contribution in [0.25, 0.3) is 10.9 Å². The molecule has 1 heterocycles. The van der Waals surface area contributed by atoms with Crippen LogP contribution in [0.1, 0.15) is 27.6 Å². The third-order valence-corrected chi connectivity index (χ3v) is 4.43. The van der Waals surface area contributed by atoms with Crippen molar-refractivity contribution in [3.63, 3.8) is 0 Å². The summed E-state index contributed by atoms with van der Waals surface area (Å²) >= 11 is 0. The molecule has 1 atom stereocenters. The molecule has 3 aromatic rings. The van der Waals surface area contributed by atoms with E-state index in [0.29, 0.717) is 11.3 Å². The molecule has 7 nitrogen and oxygen atoms in total. The fourth-order valence-corrected chi connectivity index (χ4v) is 3.03. The average Bonchev–Trinajstić information content (AvgIpc) is 3.15. The quantitative estimate of drug-likeness (QED) is 0.495. The Kier molecular flexibility index (Phi) is 5.54. The summed E-state index contributed by atoms with van der Waals surface area (Å²) in [6, 6.07) is 10.5. The van der Waals surface area contributed by atoms with Crippen molar-refractivity contribution in [1.29, 1.82) is 0 Å². The molecule has 28 heavy (non-hydrogen) atoms. The molecule has 7 heteroatoms.